The highest BCUT2D eigenvalue weighted by molar-refractivity contribution is 7.89. The summed E-state index contributed by atoms with van der Waals surface area (Å²) in [4.78, 5) is 0.121. The molecule has 2 rings (SSSR count). The maximum absolute atomic E-state index is 12.9. The summed E-state index contributed by atoms with van der Waals surface area (Å²) in [6, 6.07) is 14.5. The highest BCUT2D eigenvalue weighted by atomic mass is 32.2. The molecule has 0 aromatic heterocycles. The van der Waals surface area contributed by atoms with Gasteiger partial charge in [-0.3, -0.25) is 0 Å². The van der Waals surface area contributed by atoms with Gasteiger partial charge >= 0.3 is 0 Å². The summed E-state index contributed by atoms with van der Waals surface area (Å²) in [7, 11) is -7.39. The van der Waals surface area contributed by atoms with E-state index >= 15 is 0 Å². The molecule has 0 amide bonds. The third-order valence-electron chi connectivity index (χ3n) is 4.29. The van der Waals surface area contributed by atoms with E-state index in [0.717, 1.165) is 5.56 Å². The summed E-state index contributed by atoms with van der Waals surface area (Å²) in [5.74, 6) is 0. The molecule has 6 nitrogen and oxygen atoms in total. The van der Waals surface area contributed by atoms with E-state index in [-0.39, 0.29) is 22.4 Å². The third-order valence-corrected chi connectivity index (χ3v) is 7.84. The maximum atomic E-state index is 12.9. The van der Waals surface area contributed by atoms with Crippen LogP contribution in [-0.2, 0) is 26.6 Å². The molecule has 1 atom stereocenters. The van der Waals surface area contributed by atoms with Crippen molar-refractivity contribution in [2.24, 2.45) is 0 Å². The van der Waals surface area contributed by atoms with Gasteiger partial charge < -0.3 is 0 Å². The molecule has 148 valence electrons. The number of hydrogen-bond donors (Lipinski definition) is 1. The second-order valence-corrected chi connectivity index (χ2v) is 9.97. The number of rotatable bonds is 9. The fourth-order valence-corrected chi connectivity index (χ4v) is 5.27. The largest absolute Gasteiger partial charge is 0.243 e. The van der Waals surface area contributed by atoms with Crippen LogP contribution < -0.4 is 4.72 Å². The van der Waals surface area contributed by atoms with Crippen LogP contribution in [0, 0.1) is 0 Å². The normalized spacial score (nSPS) is 13.6. The Labute approximate surface area is 162 Å². The van der Waals surface area contributed by atoms with Gasteiger partial charge in [0.25, 0.3) is 0 Å². The maximum Gasteiger partial charge on any atom is 0.243 e. The van der Waals surface area contributed by atoms with Gasteiger partial charge in [0.2, 0.25) is 20.0 Å². The zero-order valence-electron chi connectivity index (χ0n) is 15.8. The minimum atomic E-state index is -3.72. The Morgan fingerprint density at radius 3 is 1.96 bits per heavy atom. The van der Waals surface area contributed by atoms with E-state index in [1.165, 1.54) is 28.6 Å². The van der Waals surface area contributed by atoms with E-state index in [4.69, 9.17) is 0 Å². The Morgan fingerprint density at radius 2 is 1.44 bits per heavy atom. The Morgan fingerprint density at radius 1 is 0.889 bits per heavy atom. The van der Waals surface area contributed by atoms with Crippen LogP contribution in [0.25, 0.3) is 0 Å². The van der Waals surface area contributed by atoms with Crippen LogP contribution in [0.4, 0.5) is 0 Å². The first-order chi connectivity index (χ1) is 12.7. The summed E-state index contributed by atoms with van der Waals surface area (Å²) < 4.78 is 54.4. The molecule has 0 fully saturated rings. The molecule has 1 unspecified atom stereocenters. The number of benzene rings is 2. The smallest absolute Gasteiger partial charge is 0.208 e. The van der Waals surface area contributed by atoms with E-state index < -0.39 is 20.0 Å². The van der Waals surface area contributed by atoms with Gasteiger partial charge in [-0.2, -0.15) is 4.31 Å². The average molecular weight is 411 g/mol. The van der Waals surface area contributed by atoms with Crippen molar-refractivity contribution in [2.75, 3.05) is 6.54 Å². The first kappa shape index (κ1) is 21.6. The predicted molar refractivity (Wildman–Crippen MR) is 106 cm³/mol. The van der Waals surface area contributed by atoms with Crippen LogP contribution >= 0.6 is 0 Å². The molecule has 0 aliphatic heterocycles. The van der Waals surface area contributed by atoms with Gasteiger partial charge in [0.05, 0.1) is 9.79 Å². The summed E-state index contributed by atoms with van der Waals surface area (Å²) >= 11 is 0. The number of nitrogens with zero attached hydrogens (tertiary/aromatic N) is 1. The lowest BCUT2D eigenvalue weighted by molar-refractivity contribution is 0.423. The Balaban J connectivity index is 2.26. The fourth-order valence-electron chi connectivity index (χ4n) is 2.51. The number of sulfonamides is 2. The van der Waals surface area contributed by atoms with Gasteiger partial charge in [0, 0.05) is 19.1 Å². The van der Waals surface area contributed by atoms with Crippen molar-refractivity contribution in [1.82, 2.24) is 9.03 Å². The van der Waals surface area contributed by atoms with Crippen LogP contribution in [-0.4, -0.2) is 33.7 Å². The van der Waals surface area contributed by atoms with Gasteiger partial charge in [-0.15, -0.1) is 0 Å². The first-order valence-corrected chi connectivity index (χ1v) is 11.8. The van der Waals surface area contributed by atoms with Crippen molar-refractivity contribution in [1.29, 1.82) is 0 Å². The van der Waals surface area contributed by atoms with Crippen molar-refractivity contribution in [2.45, 2.75) is 49.6 Å². The molecule has 0 saturated carbocycles. The van der Waals surface area contributed by atoms with E-state index in [1.807, 2.05) is 37.3 Å². The second-order valence-electron chi connectivity index (χ2n) is 6.32. The molecule has 0 aliphatic rings. The topological polar surface area (TPSA) is 83.5 Å². The summed E-state index contributed by atoms with van der Waals surface area (Å²) in [5.41, 5.74) is 0.889. The summed E-state index contributed by atoms with van der Waals surface area (Å²) in [6.45, 7) is 6.01. The monoisotopic (exact) mass is 410 g/mol. The highest BCUT2D eigenvalue weighted by Gasteiger charge is 2.24. The molecule has 1 N–H and O–H groups in total. The standard InChI is InChI=1S/C19H26N2O4S2/c1-4-16(3)20-26(22,23)18-11-13-19(14-12-18)27(24,25)21(5-2)15-17-9-7-6-8-10-17/h6-14,16,20H,4-5,15H2,1-3H3. The van der Waals surface area contributed by atoms with Gasteiger partial charge in [-0.05, 0) is 43.2 Å². The average Bonchev–Trinajstić information content (AvgIpc) is 2.66. The number of nitrogens with one attached hydrogen (secondary N) is 1. The molecule has 2 aromatic carbocycles. The van der Waals surface area contributed by atoms with Crippen molar-refractivity contribution in [3.63, 3.8) is 0 Å². The molecule has 0 radical (unpaired) electrons. The van der Waals surface area contributed by atoms with Crippen LogP contribution in [0.1, 0.15) is 32.8 Å². The quantitative estimate of drug-likeness (QED) is 0.689. The minimum absolute atomic E-state index is 0.0489. The molecular formula is C19H26N2O4S2. The summed E-state index contributed by atoms with van der Waals surface area (Å²) in [5, 5.41) is 0. The van der Waals surface area contributed by atoms with E-state index in [2.05, 4.69) is 4.72 Å². The van der Waals surface area contributed by atoms with Gasteiger partial charge in [-0.25, -0.2) is 21.6 Å². The van der Waals surface area contributed by atoms with E-state index in [1.54, 1.807) is 13.8 Å². The molecule has 0 aliphatic carbocycles. The summed E-state index contributed by atoms with van der Waals surface area (Å²) in [6.07, 6.45) is 0.663. The second kappa shape index (κ2) is 8.97. The minimum Gasteiger partial charge on any atom is -0.208 e. The van der Waals surface area contributed by atoms with Crippen molar-refractivity contribution < 1.29 is 16.8 Å². The van der Waals surface area contributed by atoms with Crippen LogP contribution in [0.5, 0.6) is 0 Å². The Bertz CT molecular complexity index is 941. The van der Waals surface area contributed by atoms with E-state index in [9.17, 15) is 16.8 Å². The van der Waals surface area contributed by atoms with Crippen molar-refractivity contribution >= 4 is 20.0 Å². The molecule has 0 bridgehead atoms. The molecule has 0 heterocycles. The molecular weight excluding hydrogens is 384 g/mol. The highest BCUT2D eigenvalue weighted by Crippen LogP contribution is 2.20. The third kappa shape index (κ3) is 5.38. The van der Waals surface area contributed by atoms with E-state index in [0.29, 0.717) is 13.0 Å². The predicted octanol–water partition coefficient (Wildman–Crippen LogP) is 2.97. The molecule has 2 aromatic rings. The van der Waals surface area contributed by atoms with Crippen LogP contribution in [0.2, 0.25) is 0 Å². The van der Waals surface area contributed by atoms with Crippen LogP contribution in [0.15, 0.2) is 64.4 Å². The lowest BCUT2D eigenvalue weighted by Crippen LogP contribution is -2.32. The lowest BCUT2D eigenvalue weighted by atomic mass is 10.2. The SMILES string of the molecule is CCC(C)NS(=O)(=O)c1ccc(S(=O)(=O)N(CC)Cc2ccccc2)cc1. The molecule has 8 heteroatoms. The Kier molecular flexibility index (Phi) is 7.16. The Hall–Kier alpha value is -1.74. The zero-order chi connectivity index (χ0) is 20.1. The van der Waals surface area contributed by atoms with Crippen LogP contribution in [0.3, 0.4) is 0 Å². The molecule has 0 saturated heterocycles. The molecule has 27 heavy (non-hydrogen) atoms. The van der Waals surface area contributed by atoms with Gasteiger partial charge in [0.15, 0.2) is 0 Å². The fraction of sp³-hybridized carbons (Fsp3) is 0.368. The van der Waals surface area contributed by atoms with Gasteiger partial charge in [0.1, 0.15) is 0 Å². The van der Waals surface area contributed by atoms with Crippen molar-refractivity contribution in [3.8, 4) is 0 Å². The van der Waals surface area contributed by atoms with Gasteiger partial charge in [-0.1, -0.05) is 44.2 Å². The molecule has 0 spiro atoms. The van der Waals surface area contributed by atoms with Crippen molar-refractivity contribution in [3.05, 3.63) is 60.2 Å². The lowest BCUT2D eigenvalue weighted by Gasteiger charge is -2.21. The zero-order valence-corrected chi connectivity index (χ0v) is 17.4. The first-order valence-electron chi connectivity index (χ1n) is 8.87. The number of hydrogen-bond acceptors (Lipinski definition) is 4.